The lowest BCUT2D eigenvalue weighted by Crippen LogP contribution is -2.40. The molecule has 1 amide bonds. The van der Waals surface area contributed by atoms with Crippen molar-refractivity contribution in [3.63, 3.8) is 0 Å². The van der Waals surface area contributed by atoms with Crippen LogP contribution < -0.4 is 11.1 Å². The molecule has 3 nitrogen and oxygen atoms in total. The molecule has 0 unspecified atom stereocenters. The molecule has 0 aliphatic heterocycles. The number of nitrogen functional groups attached to an aromatic ring is 1. The van der Waals surface area contributed by atoms with E-state index in [1.54, 1.807) is 12.1 Å². The van der Waals surface area contributed by atoms with Gasteiger partial charge < -0.3 is 11.1 Å². The quantitative estimate of drug-likeness (QED) is 0.819. The molecule has 1 aromatic rings. The Bertz CT molecular complexity index is 485. The molecule has 3 rings (SSSR count). The second-order valence-electron chi connectivity index (χ2n) is 6.19. The van der Waals surface area contributed by atoms with Gasteiger partial charge in [-0.3, -0.25) is 4.79 Å². The molecule has 2 aliphatic rings. The highest BCUT2D eigenvalue weighted by molar-refractivity contribution is 5.99. The van der Waals surface area contributed by atoms with E-state index in [-0.39, 0.29) is 11.9 Å². The minimum Gasteiger partial charge on any atom is -0.398 e. The van der Waals surface area contributed by atoms with Crippen molar-refractivity contribution in [1.82, 2.24) is 5.32 Å². The van der Waals surface area contributed by atoms with Crippen molar-refractivity contribution in [3.05, 3.63) is 29.8 Å². The van der Waals surface area contributed by atoms with Crippen LogP contribution in [0.25, 0.3) is 0 Å². The Morgan fingerprint density at radius 2 is 2.11 bits per heavy atom. The summed E-state index contributed by atoms with van der Waals surface area (Å²) in [4.78, 5) is 12.2. The molecule has 19 heavy (non-hydrogen) atoms. The maximum Gasteiger partial charge on any atom is 0.253 e. The van der Waals surface area contributed by atoms with Gasteiger partial charge in [-0.2, -0.15) is 0 Å². The lowest BCUT2D eigenvalue weighted by molar-refractivity contribution is 0.0916. The molecule has 0 spiro atoms. The standard InChI is InChI=1S/C16H22N2O/c1-10(14-9-11-6-7-12(14)8-11)18-16(19)13-4-2-3-5-15(13)17/h2-5,10-12,14H,6-9,17H2,1H3,(H,18,19)/t10-,11+,12+,14-/m0/s1. The average Bonchev–Trinajstić information content (AvgIpc) is 3.01. The Morgan fingerprint density at radius 1 is 1.32 bits per heavy atom. The van der Waals surface area contributed by atoms with Gasteiger partial charge in [0.05, 0.1) is 5.56 Å². The van der Waals surface area contributed by atoms with Crippen molar-refractivity contribution >= 4 is 11.6 Å². The molecule has 0 heterocycles. The summed E-state index contributed by atoms with van der Waals surface area (Å²) in [5, 5.41) is 3.14. The number of rotatable bonds is 3. The molecule has 3 heteroatoms. The highest BCUT2D eigenvalue weighted by Crippen LogP contribution is 2.49. The summed E-state index contributed by atoms with van der Waals surface area (Å²) in [6.07, 6.45) is 5.41. The summed E-state index contributed by atoms with van der Waals surface area (Å²) in [5.74, 6) is 2.37. The monoisotopic (exact) mass is 258 g/mol. The van der Waals surface area contributed by atoms with Crippen LogP contribution in [0.1, 0.15) is 43.0 Å². The number of nitrogens with one attached hydrogen (secondary N) is 1. The van der Waals surface area contributed by atoms with Crippen LogP contribution in [0.4, 0.5) is 5.69 Å². The van der Waals surface area contributed by atoms with Gasteiger partial charge >= 0.3 is 0 Å². The fourth-order valence-electron chi connectivity index (χ4n) is 4.00. The van der Waals surface area contributed by atoms with E-state index < -0.39 is 0 Å². The third-order valence-corrected chi connectivity index (χ3v) is 5.00. The van der Waals surface area contributed by atoms with Crippen LogP contribution in [-0.4, -0.2) is 11.9 Å². The van der Waals surface area contributed by atoms with Gasteiger partial charge in [0.2, 0.25) is 0 Å². The Labute approximate surface area is 114 Å². The summed E-state index contributed by atoms with van der Waals surface area (Å²) >= 11 is 0. The van der Waals surface area contributed by atoms with Crippen LogP contribution in [0.3, 0.4) is 0 Å². The second kappa shape index (κ2) is 4.87. The number of nitrogens with two attached hydrogens (primary N) is 1. The zero-order chi connectivity index (χ0) is 13.4. The van der Waals surface area contributed by atoms with Crippen molar-refractivity contribution < 1.29 is 4.79 Å². The van der Waals surface area contributed by atoms with E-state index in [1.165, 1.54) is 25.7 Å². The molecular formula is C16H22N2O. The Kier molecular flexibility index (Phi) is 3.21. The van der Waals surface area contributed by atoms with E-state index in [4.69, 9.17) is 5.73 Å². The van der Waals surface area contributed by atoms with Crippen LogP contribution in [0, 0.1) is 17.8 Å². The highest BCUT2D eigenvalue weighted by Gasteiger charge is 2.42. The third kappa shape index (κ3) is 2.34. The maximum absolute atomic E-state index is 12.2. The Morgan fingerprint density at radius 3 is 2.74 bits per heavy atom. The van der Waals surface area contributed by atoms with Crippen LogP contribution in [0.15, 0.2) is 24.3 Å². The molecular weight excluding hydrogens is 236 g/mol. The number of hydrogen-bond donors (Lipinski definition) is 2. The van der Waals surface area contributed by atoms with Crippen LogP contribution in [-0.2, 0) is 0 Å². The first-order valence-electron chi connectivity index (χ1n) is 7.30. The van der Waals surface area contributed by atoms with Crippen LogP contribution in [0.2, 0.25) is 0 Å². The van der Waals surface area contributed by atoms with Gasteiger partial charge in [-0.05, 0) is 56.1 Å². The predicted molar refractivity (Wildman–Crippen MR) is 76.7 cm³/mol. The molecule has 3 N–H and O–H groups in total. The van der Waals surface area contributed by atoms with Crippen molar-refractivity contribution in [3.8, 4) is 0 Å². The van der Waals surface area contributed by atoms with Gasteiger partial charge in [-0.15, -0.1) is 0 Å². The summed E-state index contributed by atoms with van der Waals surface area (Å²) in [5.41, 5.74) is 7.00. The number of carbonyl (C=O) groups is 1. The van der Waals surface area contributed by atoms with Crippen molar-refractivity contribution in [1.29, 1.82) is 0 Å². The van der Waals surface area contributed by atoms with E-state index in [9.17, 15) is 4.79 Å². The van der Waals surface area contributed by atoms with Crippen LogP contribution >= 0.6 is 0 Å². The van der Waals surface area contributed by atoms with E-state index in [2.05, 4.69) is 12.2 Å². The zero-order valence-corrected chi connectivity index (χ0v) is 11.4. The third-order valence-electron chi connectivity index (χ3n) is 5.00. The average molecular weight is 258 g/mol. The lowest BCUT2D eigenvalue weighted by Gasteiger charge is -2.28. The normalized spacial score (nSPS) is 30.3. The molecule has 0 aromatic heterocycles. The fraction of sp³-hybridized carbons (Fsp3) is 0.562. The molecule has 0 radical (unpaired) electrons. The number of benzene rings is 1. The number of anilines is 1. The molecule has 0 saturated heterocycles. The fourth-order valence-corrected chi connectivity index (χ4v) is 4.00. The van der Waals surface area contributed by atoms with Gasteiger partial charge in [0, 0.05) is 11.7 Å². The lowest BCUT2D eigenvalue weighted by atomic mass is 9.84. The van der Waals surface area contributed by atoms with Gasteiger partial charge in [-0.1, -0.05) is 18.6 Å². The van der Waals surface area contributed by atoms with E-state index in [0.717, 1.165) is 11.8 Å². The predicted octanol–water partition coefficient (Wildman–Crippen LogP) is 2.82. The van der Waals surface area contributed by atoms with E-state index >= 15 is 0 Å². The minimum atomic E-state index is -0.0339. The van der Waals surface area contributed by atoms with Gasteiger partial charge in [0.25, 0.3) is 5.91 Å². The van der Waals surface area contributed by atoms with Crippen molar-refractivity contribution in [2.45, 2.75) is 38.6 Å². The van der Waals surface area contributed by atoms with E-state index in [1.807, 2.05) is 12.1 Å². The Balaban J connectivity index is 1.65. The Hall–Kier alpha value is -1.51. The van der Waals surface area contributed by atoms with Crippen molar-refractivity contribution in [2.75, 3.05) is 5.73 Å². The van der Waals surface area contributed by atoms with Gasteiger partial charge in [0.15, 0.2) is 0 Å². The molecule has 2 saturated carbocycles. The SMILES string of the molecule is C[C@H](NC(=O)c1ccccc1N)[C@@H]1C[C@@H]2CC[C@@H]1C2. The minimum absolute atomic E-state index is 0.0339. The smallest absolute Gasteiger partial charge is 0.253 e. The first-order chi connectivity index (χ1) is 9.15. The maximum atomic E-state index is 12.2. The topological polar surface area (TPSA) is 55.1 Å². The highest BCUT2D eigenvalue weighted by atomic mass is 16.1. The molecule has 2 aliphatic carbocycles. The first-order valence-corrected chi connectivity index (χ1v) is 7.30. The molecule has 2 fully saturated rings. The van der Waals surface area contributed by atoms with E-state index in [0.29, 0.717) is 17.2 Å². The van der Waals surface area contributed by atoms with Crippen LogP contribution in [0.5, 0.6) is 0 Å². The largest absolute Gasteiger partial charge is 0.398 e. The summed E-state index contributed by atoms with van der Waals surface area (Å²) in [6.45, 7) is 2.14. The number of hydrogen-bond acceptors (Lipinski definition) is 2. The number of para-hydroxylation sites is 1. The second-order valence-corrected chi connectivity index (χ2v) is 6.19. The number of fused-ring (bicyclic) bond motifs is 2. The number of carbonyl (C=O) groups excluding carboxylic acids is 1. The van der Waals surface area contributed by atoms with Gasteiger partial charge in [-0.25, -0.2) is 0 Å². The molecule has 2 bridgehead atoms. The molecule has 4 atom stereocenters. The summed E-state index contributed by atoms with van der Waals surface area (Å²) < 4.78 is 0. The first kappa shape index (κ1) is 12.5. The summed E-state index contributed by atoms with van der Waals surface area (Å²) in [6, 6.07) is 7.52. The van der Waals surface area contributed by atoms with Crippen molar-refractivity contribution in [2.24, 2.45) is 17.8 Å². The number of amides is 1. The molecule has 1 aromatic carbocycles. The summed E-state index contributed by atoms with van der Waals surface area (Å²) in [7, 11) is 0. The van der Waals surface area contributed by atoms with Gasteiger partial charge in [0.1, 0.15) is 0 Å². The molecule has 102 valence electrons. The zero-order valence-electron chi connectivity index (χ0n) is 11.4.